The Morgan fingerprint density at radius 2 is 1.72 bits per heavy atom. The van der Waals surface area contributed by atoms with Crippen molar-refractivity contribution in [3.05, 3.63) is 35.4 Å². The smallest absolute Gasteiger partial charge is 0.254 e. The Kier molecular flexibility index (Phi) is 4.95. The van der Waals surface area contributed by atoms with Crippen molar-refractivity contribution in [3.8, 4) is 0 Å². The molecule has 2 saturated heterocycles. The van der Waals surface area contributed by atoms with E-state index >= 15 is 0 Å². The molecule has 2 fully saturated rings. The first-order chi connectivity index (χ1) is 11.7. The SMILES string of the molecule is CC(C)(C)c1ccc(C(=O)N2CC[NH+]([C@H]3CCS(=O)(=O)C3)CC2)cc1. The Labute approximate surface area is 150 Å². The predicted octanol–water partition coefficient (Wildman–Crippen LogP) is 0.512. The molecule has 0 unspecified atom stereocenters. The second kappa shape index (κ2) is 6.72. The molecule has 0 radical (unpaired) electrons. The van der Waals surface area contributed by atoms with Gasteiger partial charge < -0.3 is 9.80 Å². The van der Waals surface area contributed by atoms with Gasteiger partial charge in [0.15, 0.2) is 9.84 Å². The fraction of sp³-hybridized carbons (Fsp3) is 0.632. The Balaban J connectivity index is 1.58. The van der Waals surface area contributed by atoms with E-state index in [1.54, 1.807) is 0 Å². The van der Waals surface area contributed by atoms with Gasteiger partial charge in [-0.15, -0.1) is 0 Å². The van der Waals surface area contributed by atoms with E-state index in [4.69, 9.17) is 0 Å². The van der Waals surface area contributed by atoms with E-state index in [9.17, 15) is 13.2 Å². The molecule has 0 spiro atoms. The fourth-order valence-corrected chi connectivity index (χ4v) is 5.64. The van der Waals surface area contributed by atoms with Crippen LogP contribution in [0.15, 0.2) is 24.3 Å². The summed E-state index contributed by atoms with van der Waals surface area (Å²) in [7, 11) is -2.84. The predicted molar refractivity (Wildman–Crippen MR) is 98.8 cm³/mol. The molecule has 2 heterocycles. The van der Waals surface area contributed by atoms with E-state index in [0.717, 1.165) is 25.1 Å². The minimum Gasteiger partial charge on any atom is -0.329 e. The number of nitrogens with one attached hydrogen (secondary N) is 1. The maximum atomic E-state index is 12.7. The molecule has 25 heavy (non-hydrogen) atoms. The molecule has 1 atom stereocenters. The van der Waals surface area contributed by atoms with Crippen molar-refractivity contribution in [2.24, 2.45) is 0 Å². The lowest BCUT2D eigenvalue weighted by Crippen LogP contribution is -3.18. The zero-order valence-corrected chi connectivity index (χ0v) is 16.2. The van der Waals surface area contributed by atoms with Crippen LogP contribution < -0.4 is 4.90 Å². The van der Waals surface area contributed by atoms with Gasteiger partial charge in [0.05, 0.1) is 31.9 Å². The standard InChI is InChI=1S/C19H28N2O3S/c1-19(2,3)16-6-4-15(5-7-16)18(22)21-11-9-20(10-12-21)17-8-13-25(23,24)14-17/h4-7,17H,8-14H2,1-3H3/p+1/t17-/m0/s1. The highest BCUT2D eigenvalue weighted by molar-refractivity contribution is 7.91. The minimum absolute atomic E-state index is 0.0815. The summed E-state index contributed by atoms with van der Waals surface area (Å²) in [6.07, 6.45) is 0.764. The van der Waals surface area contributed by atoms with Crippen LogP contribution in [0.3, 0.4) is 0 Å². The Hall–Kier alpha value is -1.40. The van der Waals surface area contributed by atoms with Crippen LogP contribution >= 0.6 is 0 Å². The second-order valence-electron chi connectivity index (χ2n) is 8.38. The molecule has 2 aliphatic heterocycles. The molecule has 0 aliphatic carbocycles. The van der Waals surface area contributed by atoms with Crippen LogP contribution in [-0.2, 0) is 15.3 Å². The molecule has 0 saturated carbocycles. The number of hydrogen-bond donors (Lipinski definition) is 1. The van der Waals surface area contributed by atoms with Gasteiger partial charge in [-0.05, 0) is 23.1 Å². The van der Waals surface area contributed by atoms with Crippen LogP contribution in [0.2, 0.25) is 0 Å². The summed E-state index contributed by atoms with van der Waals surface area (Å²) >= 11 is 0. The van der Waals surface area contributed by atoms with E-state index < -0.39 is 9.84 Å². The molecule has 1 aromatic carbocycles. The fourth-order valence-electron chi connectivity index (χ4n) is 3.82. The highest BCUT2D eigenvalue weighted by atomic mass is 32.2. The average Bonchev–Trinajstić information content (AvgIpc) is 2.94. The van der Waals surface area contributed by atoms with Crippen LogP contribution in [0.4, 0.5) is 0 Å². The largest absolute Gasteiger partial charge is 0.329 e. The topological polar surface area (TPSA) is 58.9 Å². The zero-order valence-electron chi connectivity index (χ0n) is 15.4. The van der Waals surface area contributed by atoms with Crippen molar-refractivity contribution < 1.29 is 18.1 Å². The van der Waals surface area contributed by atoms with Crippen LogP contribution in [0.5, 0.6) is 0 Å². The lowest BCUT2D eigenvalue weighted by atomic mass is 9.86. The lowest BCUT2D eigenvalue weighted by Gasteiger charge is -2.35. The van der Waals surface area contributed by atoms with Crippen molar-refractivity contribution in [3.63, 3.8) is 0 Å². The molecule has 6 heteroatoms. The van der Waals surface area contributed by atoms with Crippen LogP contribution in [-0.4, -0.2) is 63.0 Å². The highest BCUT2D eigenvalue weighted by Gasteiger charge is 2.37. The van der Waals surface area contributed by atoms with Crippen LogP contribution in [0, 0.1) is 0 Å². The van der Waals surface area contributed by atoms with E-state index in [1.807, 2.05) is 29.2 Å². The normalized spacial score (nSPS) is 24.4. The number of rotatable bonds is 2. The molecule has 1 N–H and O–H groups in total. The van der Waals surface area contributed by atoms with Crippen LogP contribution in [0.25, 0.3) is 0 Å². The second-order valence-corrected chi connectivity index (χ2v) is 10.6. The van der Waals surface area contributed by atoms with Gasteiger partial charge in [0.1, 0.15) is 11.8 Å². The molecule has 2 aliphatic rings. The number of hydrogen-bond acceptors (Lipinski definition) is 3. The monoisotopic (exact) mass is 365 g/mol. The van der Waals surface area contributed by atoms with Gasteiger partial charge in [-0.1, -0.05) is 32.9 Å². The number of benzene rings is 1. The molecular formula is C19H29N2O3S+. The van der Waals surface area contributed by atoms with E-state index in [-0.39, 0.29) is 17.4 Å². The number of amides is 1. The molecule has 1 amide bonds. The molecule has 3 rings (SSSR count). The molecule has 5 nitrogen and oxygen atoms in total. The van der Waals surface area contributed by atoms with Crippen molar-refractivity contribution >= 4 is 15.7 Å². The number of carbonyl (C=O) groups excluding carboxylic acids is 1. The van der Waals surface area contributed by atoms with Crippen molar-refractivity contribution in [2.45, 2.75) is 38.6 Å². The van der Waals surface area contributed by atoms with E-state index in [2.05, 4.69) is 20.8 Å². The third-order valence-corrected chi connectivity index (χ3v) is 7.27. The Bertz CT molecular complexity index is 727. The maximum absolute atomic E-state index is 12.7. The average molecular weight is 366 g/mol. The van der Waals surface area contributed by atoms with Gasteiger partial charge in [0, 0.05) is 12.0 Å². The molecule has 0 aromatic heterocycles. The molecule has 1 aromatic rings. The summed E-state index contributed by atoms with van der Waals surface area (Å²) in [6.45, 7) is 9.56. The summed E-state index contributed by atoms with van der Waals surface area (Å²) < 4.78 is 23.3. The third kappa shape index (κ3) is 4.23. The number of sulfone groups is 1. The Morgan fingerprint density at radius 3 is 2.20 bits per heavy atom. The van der Waals surface area contributed by atoms with Gasteiger partial charge in [0.25, 0.3) is 5.91 Å². The zero-order chi connectivity index (χ0) is 18.2. The van der Waals surface area contributed by atoms with Crippen molar-refractivity contribution in [1.82, 2.24) is 4.90 Å². The lowest BCUT2D eigenvalue weighted by molar-refractivity contribution is -0.925. The number of piperazine rings is 1. The van der Waals surface area contributed by atoms with Crippen LogP contribution in [0.1, 0.15) is 43.1 Å². The minimum atomic E-state index is -2.84. The van der Waals surface area contributed by atoms with Gasteiger partial charge in [-0.3, -0.25) is 4.79 Å². The number of quaternary nitrogens is 1. The third-order valence-electron chi connectivity index (χ3n) is 5.50. The first kappa shape index (κ1) is 18.4. The molecule has 138 valence electrons. The maximum Gasteiger partial charge on any atom is 0.254 e. The first-order valence-corrected chi connectivity index (χ1v) is 10.9. The van der Waals surface area contributed by atoms with E-state index in [0.29, 0.717) is 24.6 Å². The van der Waals surface area contributed by atoms with Crippen molar-refractivity contribution in [1.29, 1.82) is 0 Å². The van der Waals surface area contributed by atoms with Gasteiger partial charge in [-0.25, -0.2) is 8.42 Å². The quantitative estimate of drug-likeness (QED) is 0.831. The molecule has 0 bridgehead atoms. The number of nitrogens with zero attached hydrogens (tertiary/aromatic N) is 1. The molecular weight excluding hydrogens is 336 g/mol. The Morgan fingerprint density at radius 1 is 1.12 bits per heavy atom. The van der Waals surface area contributed by atoms with E-state index in [1.165, 1.54) is 10.5 Å². The van der Waals surface area contributed by atoms with Crippen molar-refractivity contribution in [2.75, 3.05) is 37.7 Å². The van der Waals surface area contributed by atoms with Gasteiger partial charge in [0.2, 0.25) is 0 Å². The summed E-state index contributed by atoms with van der Waals surface area (Å²) in [6, 6.07) is 8.14. The highest BCUT2D eigenvalue weighted by Crippen LogP contribution is 2.22. The number of carbonyl (C=O) groups is 1. The summed E-state index contributed by atoms with van der Waals surface area (Å²) in [5, 5.41) is 0. The van der Waals surface area contributed by atoms with Gasteiger partial charge >= 0.3 is 0 Å². The van der Waals surface area contributed by atoms with Gasteiger partial charge in [-0.2, -0.15) is 0 Å². The summed E-state index contributed by atoms with van der Waals surface area (Å²) in [5.41, 5.74) is 2.04. The summed E-state index contributed by atoms with van der Waals surface area (Å²) in [4.78, 5) is 16.0. The summed E-state index contributed by atoms with van der Waals surface area (Å²) in [5.74, 6) is 0.715. The first-order valence-electron chi connectivity index (χ1n) is 9.10.